The topological polar surface area (TPSA) is 49.4 Å². The van der Waals surface area contributed by atoms with Gasteiger partial charge in [-0.25, -0.2) is 8.78 Å². The van der Waals surface area contributed by atoms with Crippen LogP contribution >= 0.6 is 11.3 Å². The van der Waals surface area contributed by atoms with Gasteiger partial charge in [0.15, 0.2) is 0 Å². The van der Waals surface area contributed by atoms with Gasteiger partial charge in [-0.3, -0.25) is 9.59 Å². The quantitative estimate of drug-likeness (QED) is 0.546. The van der Waals surface area contributed by atoms with Crippen molar-refractivity contribution in [2.24, 2.45) is 0 Å². The van der Waals surface area contributed by atoms with Crippen LogP contribution in [0.5, 0.6) is 0 Å². The Kier molecular flexibility index (Phi) is 6.75. The second-order valence-electron chi connectivity index (χ2n) is 7.60. The first-order valence-corrected chi connectivity index (χ1v) is 11.2. The summed E-state index contributed by atoms with van der Waals surface area (Å²) < 4.78 is 27.0. The number of rotatable bonds is 5. The minimum Gasteiger partial charge on any atom is -0.349 e. The third-order valence-corrected chi connectivity index (χ3v) is 6.49. The van der Waals surface area contributed by atoms with Crippen LogP contribution in [0.2, 0.25) is 0 Å². The van der Waals surface area contributed by atoms with E-state index in [1.165, 1.54) is 47.7 Å². The lowest BCUT2D eigenvalue weighted by Gasteiger charge is -2.31. The van der Waals surface area contributed by atoms with Gasteiger partial charge in [0.1, 0.15) is 11.6 Å². The van der Waals surface area contributed by atoms with E-state index >= 15 is 0 Å². The predicted octanol–water partition coefficient (Wildman–Crippen LogP) is 5.13. The molecule has 0 bridgehead atoms. The maximum atomic E-state index is 14.0. The zero-order chi connectivity index (χ0) is 22.5. The van der Waals surface area contributed by atoms with Crippen LogP contribution in [-0.4, -0.2) is 35.8 Å². The zero-order valence-electron chi connectivity index (χ0n) is 17.3. The molecule has 4 rings (SSSR count). The van der Waals surface area contributed by atoms with Crippen LogP contribution in [0.15, 0.2) is 66.7 Å². The Morgan fingerprint density at radius 2 is 1.69 bits per heavy atom. The molecule has 2 heterocycles. The van der Waals surface area contributed by atoms with Crippen LogP contribution in [0, 0.1) is 11.6 Å². The van der Waals surface area contributed by atoms with E-state index in [9.17, 15) is 18.4 Å². The van der Waals surface area contributed by atoms with Crippen molar-refractivity contribution in [2.75, 3.05) is 13.1 Å². The van der Waals surface area contributed by atoms with Gasteiger partial charge in [0.25, 0.3) is 5.91 Å². The van der Waals surface area contributed by atoms with E-state index in [2.05, 4.69) is 5.32 Å². The summed E-state index contributed by atoms with van der Waals surface area (Å²) in [5, 5.41) is 2.95. The molecule has 1 aliphatic rings. The van der Waals surface area contributed by atoms with Crippen LogP contribution in [0.4, 0.5) is 8.78 Å². The molecule has 164 valence electrons. The summed E-state index contributed by atoms with van der Waals surface area (Å²) >= 11 is 1.43. The molecule has 2 aromatic carbocycles. The van der Waals surface area contributed by atoms with Crippen LogP contribution in [0.25, 0.3) is 16.5 Å². The number of amides is 2. The van der Waals surface area contributed by atoms with Gasteiger partial charge in [-0.05, 0) is 61.4 Å². The van der Waals surface area contributed by atoms with Gasteiger partial charge in [-0.15, -0.1) is 11.3 Å². The van der Waals surface area contributed by atoms with Crippen molar-refractivity contribution >= 4 is 29.2 Å². The number of thiophene rings is 1. The Balaban J connectivity index is 1.28. The average Bonchev–Trinajstić information content (AvgIpc) is 3.27. The van der Waals surface area contributed by atoms with E-state index in [1.807, 2.05) is 12.1 Å². The number of nitrogens with zero attached hydrogens (tertiary/aromatic N) is 1. The number of carbonyl (C=O) groups is 2. The summed E-state index contributed by atoms with van der Waals surface area (Å²) in [7, 11) is 0. The van der Waals surface area contributed by atoms with Gasteiger partial charge in [0, 0.05) is 46.1 Å². The molecule has 32 heavy (non-hydrogen) atoms. The number of benzene rings is 2. The highest BCUT2D eigenvalue weighted by molar-refractivity contribution is 7.16. The van der Waals surface area contributed by atoms with Gasteiger partial charge >= 0.3 is 0 Å². The van der Waals surface area contributed by atoms with E-state index in [1.54, 1.807) is 29.2 Å². The first kappa shape index (κ1) is 21.9. The van der Waals surface area contributed by atoms with Gasteiger partial charge in [0.05, 0.1) is 0 Å². The molecule has 0 saturated carbocycles. The van der Waals surface area contributed by atoms with E-state index < -0.39 is 0 Å². The molecule has 1 aromatic heterocycles. The molecule has 0 aliphatic carbocycles. The number of hydrogen-bond donors (Lipinski definition) is 1. The maximum absolute atomic E-state index is 14.0. The van der Waals surface area contributed by atoms with Crippen molar-refractivity contribution in [3.8, 4) is 10.4 Å². The molecule has 2 amide bonds. The summed E-state index contributed by atoms with van der Waals surface area (Å²) in [6.45, 7) is 1.09. The summed E-state index contributed by atoms with van der Waals surface area (Å²) in [5.74, 6) is -0.977. The van der Waals surface area contributed by atoms with Gasteiger partial charge in [-0.1, -0.05) is 18.2 Å². The molecule has 1 N–H and O–H groups in total. The van der Waals surface area contributed by atoms with Crippen molar-refractivity contribution in [1.82, 2.24) is 10.2 Å². The second-order valence-corrected chi connectivity index (χ2v) is 8.71. The highest BCUT2D eigenvalue weighted by Gasteiger charge is 2.23. The first-order chi connectivity index (χ1) is 15.5. The molecule has 0 radical (unpaired) electrons. The van der Waals surface area contributed by atoms with Crippen LogP contribution in [-0.2, 0) is 4.79 Å². The first-order valence-electron chi connectivity index (χ1n) is 10.4. The maximum Gasteiger partial charge on any atom is 0.251 e. The third kappa shape index (κ3) is 5.29. The van der Waals surface area contributed by atoms with E-state index in [4.69, 9.17) is 0 Å². The lowest BCUT2D eigenvalue weighted by Crippen LogP contribution is -2.46. The molecule has 7 heteroatoms. The second kappa shape index (κ2) is 9.87. The van der Waals surface area contributed by atoms with Crippen molar-refractivity contribution in [1.29, 1.82) is 0 Å². The Hall–Kier alpha value is -3.32. The largest absolute Gasteiger partial charge is 0.349 e. The van der Waals surface area contributed by atoms with Crippen molar-refractivity contribution in [3.05, 3.63) is 88.8 Å². The molecule has 0 spiro atoms. The van der Waals surface area contributed by atoms with E-state index in [0.29, 0.717) is 37.1 Å². The standard InChI is InChI=1S/C25H22F2N2O2S/c26-18-7-5-17(6-8-18)25(31)28-19-13-15-29(16-14-19)24(30)12-10-20-9-11-23(32-20)21-3-1-2-4-22(21)27/h1-12,19H,13-16H2,(H,28,31)/b12-10+. The third-order valence-electron chi connectivity index (χ3n) is 5.40. The lowest BCUT2D eigenvalue weighted by molar-refractivity contribution is -0.126. The molecule has 1 aliphatic heterocycles. The Labute approximate surface area is 189 Å². The SMILES string of the molecule is O=C(NC1CCN(C(=O)/C=C/c2ccc(-c3ccccc3F)s2)CC1)c1ccc(F)cc1. The molecule has 0 atom stereocenters. The smallest absolute Gasteiger partial charge is 0.251 e. The van der Waals surface area contributed by atoms with Crippen molar-refractivity contribution < 1.29 is 18.4 Å². The molecule has 3 aromatic rings. The Morgan fingerprint density at radius 3 is 2.41 bits per heavy atom. The summed E-state index contributed by atoms with van der Waals surface area (Å²) in [6.07, 6.45) is 4.60. The zero-order valence-corrected chi connectivity index (χ0v) is 18.1. The molecule has 4 nitrogen and oxygen atoms in total. The van der Waals surface area contributed by atoms with Crippen LogP contribution < -0.4 is 5.32 Å². The minimum atomic E-state index is -0.382. The fraction of sp³-hybridized carbons (Fsp3) is 0.200. The van der Waals surface area contributed by atoms with Gasteiger partial charge in [-0.2, -0.15) is 0 Å². The van der Waals surface area contributed by atoms with Gasteiger partial charge in [0.2, 0.25) is 5.91 Å². The lowest BCUT2D eigenvalue weighted by atomic mass is 10.0. The number of piperidine rings is 1. The van der Waals surface area contributed by atoms with Crippen molar-refractivity contribution in [2.45, 2.75) is 18.9 Å². The highest BCUT2D eigenvalue weighted by atomic mass is 32.1. The molecular weight excluding hydrogens is 430 g/mol. The van der Waals surface area contributed by atoms with E-state index in [-0.39, 0.29) is 29.5 Å². The number of halogens is 2. The van der Waals surface area contributed by atoms with Crippen molar-refractivity contribution in [3.63, 3.8) is 0 Å². The van der Waals surface area contributed by atoms with Crippen LogP contribution in [0.1, 0.15) is 28.1 Å². The number of carbonyl (C=O) groups excluding carboxylic acids is 2. The molecular formula is C25H22F2N2O2S. The monoisotopic (exact) mass is 452 g/mol. The highest BCUT2D eigenvalue weighted by Crippen LogP contribution is 2.30. The number of likely N-dealkylation sites (tertiary alicyclic amines) is 1. The number of hydrogen-bond acceptors (Lipinski definition) is 3. The predicted molar refractivity (Wildman–Crippen MR) is 122 cm³/mol. The fourth-order valence-electron chi connectivity index (χ4n) is 3.62. The normalized spacial score (nSPS) is 14.6. The van der Waals surface area contributed by atoms with Gasteiger partial charge < -0.3 is 10.2 Å². The summed E-state index contributed by atoms with van der Waals surface area (Å²) in [6, 6.07) is 15.7. The molecule has 1 saturated heterocycles. The Bertz CT molecular complexity index is 1130. The minimum absolute atomic E-state index is 0.0267. The fourth-order valence-corrected chi connectivity index (χ4v) is 4.56. The Morgan fingerprint density at radius 1 is 0.969 bits per heavy atom. The molecule has 1 fully saturated rings. The number of nitrogens with one attached hydrogen (secondary N) is 1. The van der Waals surface area contributed by atoms with Crippen LogP contribution in [0.3, 0.4) is 0 Å². The average molecular weight is 453 g/mol. The molecule has 0 unspecified atom stereocenters. The van der Waals surface area contributed by atoms with E-state index in [0.717, 1.165) is 9.75 Å². The summed E-state index contributed by atoms with van der Waals surface area (Å²) in [4.78, 5) is 28.3. The summed E-state index contributed by atoms with van der Waals surface area (Å²) in [5.41, 5.74) is 0.965.